The van der Waals surface area contributed by atoms with Crippen molar-refractivity contribution in [3.63, 3.8) is 0 Å². The van der Waals surface area contributed by atoms with Crippen LogP contribution in [-0.2, 0) is 5.54 Å². The molecule has 1 aliphatic rings. The standard InChI is InChI=1S/C27H27F2N5O2/c1-3-34(2)17-14-27(33-16-13-25(35)32-33,19-4-6-20(28)7-5-19)23(18-34)24-12-15-30-26(31-24)36-22-10-8-21(29)9-11-22/h4-13,15-16,23H,3,14,17-18H2,1-2H3/p+1. The van der Waals surface area contributed by atoms with E-state index in [9.17, 15) is 13.6 Å². The number of aromatic amines is 1. The van der Waals surface area contributed by atoms with Crippen LogP contribution in [0.15, 0.2) is 77.9 Å². The molecule has 3 unspecified atom stereocenters. The van der Waals surface area contributed by atoms with E-state index >= 15 is 0 Å². The summed E-state index contributed by atoms with van der Waals surface area (Å²) in [5, 5.41) is 2.95. The lowest BCUT2D eigenvalue weighted by atomic mass is 9.70. The molecule has 0 spiro atoms. The topological polar surface area (TPSA) is 72.8 Å². The van der Waals surface area contributed by atoms with Gasteiger partial charge in [-0.25, -0.2) is 13.8 Å². The van der Waals surface area contributed by atoms with Gasteiger partial charge in [-0.3, -0.25) is 14.6 Å². The predicted octanol–water partition coefficient (Wildman–Crippen LogP) is 4.43. The molecular weight excluding hydrogens is 464 g/mol. The maximum absolute atomic E-state index is 13.9. The average molecular weight is 493 g/mol. The minimum Gasteiger partial charge on any atom is -0.424 e. The van der Waals surface area contributed by atoms with E-state index in [1.54, 1.807) is 24.5 Å². The van der Waals surface area contributed by atoms with Crippen molar-refractivity contribution >= 4 is 0 Å². The first-order valence-corrected chi connectivity index (χ1v) is 12.0. The number of rotatable bonds is 6. The number of benzene rings is 2. The van der Waals surface area contributed by atoms with Crippen molar-refractivity contribution in [1.29, 1.82) is 0 Å². The number of H-pyrrole nitrogens is 1. The zero-order chi connectivity index (χ0) is 25.3. The van der Waals surface area contributed by atoms with Crippen LogP contribution in [0.25, 0.3) is 0 Å². The summed E-state index contributed by atoms with van der Waals surface area (Å²) in [4.78, 5) is 21.3. The van der Waals surface area contributed by atoms with Gasteiger partial charge >= 0.3 is 6.01 Å². The zero-order valence-electron chi connectivity index (χ0n) is 20.2. The minimum absolute atomic E-state index is 0.143. The highest BCUT2D eigenvalue weighted by atomic mass is 19.1. The molecule has 3 heterocycles. The summed E-state index contributed by atoms with van der Waals surface area (Å²) in [6.07, 6.45) is 4.08. The van der Waals surface area contributed by atoms with Gasteiger partial charge in [-0.1, -0.05) is 12.1 Å². The number of likely N-dealkylation sites (tertiary alicyclic amines) is 1. The van der Waals surface area contributed by atoms with Crippen molar-refractivity contribution in [2.24, 2.45) is 0 Å². The van der Waals surface area contributed by atoms with Crippen molar-refractivity contribution in [3.8, 4) is 11.8 Å². The van der Waals surface area contributed by atoms with Crippen LogP contribution in [0.3, 0.4) is 0 Å². The maximum atomic E-state index is 13.9. The Bertz CT molecular complexity index is 1400. The Labute approximate surface area is 207 Å². The average Bonchev–Trinajstić information content (AvgIpc) is 3.33. The van der Waals surface area contributed by atoms with E-state index in [1.807, 2.05) is 10.7 Å². The summed E-state index contributed by atoms with van der Waals surface area (Å²) in [6, 6.07) is 15.6. The normalized spacial score (nSPS) is 23.9. The molecule has 0 bridgehead atoms. The van der Waals surface area contributed by atoms with Crippen molar-refractivity contribution in [1.82, 2.24) is 19.7 Å². The lowest BCUT2D eigenvalue weighted by Crippen LogP contribution is -2.60. The molecule has 1 fully saturated rings. The number of hydrogen-bond donors (Lipinski definition) is 1. The van der Waals surface area contributed by atoms with E-state index in [0.29, 0.717) is 12.2 Å². The van der Waals surface area contributed by atoms with Gasteiger partial charge < -0.3 is 9.22 Å². The smallest absolute Gasteiger partial charge is 0.322 e. The maximum Gasteiger partial charge on any atom is 0.322 e. The highest BCUT2D eigenvalue weighted by Gasteiger charge is 2.52. The number of ether oxygens (including phenoxy) is 1. The molecule has 5 rings (SSSR count). The second-order valence-electron chi connectivity index (χ2n) is 9.56. The highest BCUT2D eigenvalue weighted by Crippen LogP contribution is 2.47. The van der Waals surface area contributed by atoms with E-state index in [-0.39, 0.29) is 29.1 Å². The first kappa shape index (κ1) is 23.9. The molecule has 1 aliphatic heterocycles. The lowest BCUT2D eigenvalue weighted by Gasteiger charge is -2.51. The fourth-order valence-corrected chi connectivity index (χ4v) is 5.21. The quantitative estimate of drug-likeness (QED) is 0.404. The molecule has 7 nitrogen and oxygen atoms in total. The lowest BCUT2D eigenvalue weighted by molar-refractivity contribution is -0.915. The first-order valence-electron chi connectivity index (χ1n) is 12.0. The third-order valence-electron chi connectivity index (χ3n) is 7.41. The third kappa shape index (κ3) is 4.42. The molecule has 1 saturated heterocycles. The number of hydrogen-bond acceptors (Lipinski definition) is 4. The Kier molecular flexibility index (Phi) is 6.17. The van der Waals surface area contributed by atoms with E-state index in [0.717, 1.165) is 35.4 Å². The zero-order valence-corrected chi connectivity index (χ0v) is 20.2. The van der Waals surface area contributed by atoms with Crippen molar-refractivity contribution < 1.29 is 18.0 Å². The monoisotopic (exact) mass is 492 g/mol. The number of likely N-dealkylation sites (N-methyl/N-ethyl adjacent to an activating group) is 1. The molecule has 0 amide bonds. The fourth-order valence-electron chi connectivity index (χ4n) is 5.21. The Balaban J connectivity index is 1.65. The Morgan fingerprint density at radius 3 is 2.42 bits per heavy atom. The number of quaternary nitrogens is 1. The number of halogens is 2. The van der Waals surface area contributed by atoms with Gasteiger partial charge in [0.15, 0.2) is 0 Å². The summed E-state index contributed by atoms with van der Waals surface area (Å²) < 4.78 is 35.8. The molecule has 4 aromatic rings. The van der Waals surface area contributed by atoms with E-state index < -0.39 is 5.54 Å². The second kappa shape index (κ2) is 9.31. The van der Waals surface area contributed by atoms with Crippen LogP contribution in [0.5, 0.6) is 11.8 Å². The minimum atomic E-state index is -0.717. The fraction of sp³-hybridized carbons (Fsp3) is 0.296. The number of nitrogens with zero attached hydrogens (tertiary/aromatic N) is 4. The molecule has 36 heavy (non-hydrogen) atoms. The number of nitrogens with one attached hydrogen (secondary N) is 1. The van der Waals surface area contributed by atoms with Crippen LogP contribution in [0, 0.1) is 11.6 Å². The summed E-state index contributed by atoms with van der Waals surface area (Å²) in [5.41, 5.74) is 0.683. The Morgan fingerprint density at radius 1 is 1.08 bits per heavy atom. The van der Waals surface area contributed by atoms with Crippen LogP contribution >= 0.6 is 0 Å². The SMILES string of the molecule is CC[N+]1(C)CCC(c2ccc(F)cc2)(n2ccc(=O)[nH]2)C(c2ccnc(Oc3ccc(F)cc3)n2)C1. The largest absolute Gasteiger partial charge is 0.424 e. The van der Waals surface area contributed by atoms with Crippen molar-refractivity contribution in [2.45, 2.75) is 24.8 Å². The molecular formula is C27H28F2N5O2+. The van der Waals surface area contributed by atoms with Gasteiger partial charge in [0.25, 0.3) is 5.56 Å². The molecule has 0 radical (unpaired) electrons. The molecule has 3 atom stereocenters. The molecule has 9 heteroatoms. The van der Waals surface area contributed by atoms with Crippen molar-refractivity contribution in [2.75, 3.05) is 26.7 Å². The van der Waals surface area contributed by atoms with Gasteiger partial charge in [-0.2, -0.15) is 4.98 Å². The van der Waals surface area contributed by atoms with Gasteiger partial charge in [0.05, 0.1) is 38.3 Å². The van der Waals surface area contributed by atoms with Gasteiger partial charge in [0.2, 0.25) is 0 Å². The Morgan fingerprint density at radius 2 is 1.78 bits per heavy atom. The molecule has 2 aromatic carbocycles. The summed E-state index contributed by atoms with van der Waals surface area (Å²) in [7, 11) is 2.21. The van der Waals surface area contributed by atoms with Crippen LogP contribution in [0.1, 0.15) is 30.5 Å². The van der Waals surface area contributed by atoms with Crippen LogP contribution in [-0.4, -0.2) is 50.9 Å². The number of piperidine rings is 1. The van der Waals surface area contributed by atoms with E-state index in [1.165, 1.54) is 42.5 Å². The van der Waals surface area contributed by atoms with Gasteiger partial charge in [0.1, 0.15) is 22.9 Å². The van der Waals surface area contributed by atoms with Crippen LogP contribution in [0.4, 0.5) is 8.78 Å². The Hall–Kier alpha value is -3.85. The van der Waals surface area contributed by atoms with Crippen LogP contribution < -0.4 is 10.3 Å². The number of aromatic nitrogens is 4. The molecule has 2 aromatic heterocycles. The highest BCUT2D eigenvalue weighted by molar-refractivity contribution is 5.34. The third-order valence-corrected chi connectivity index (χ3v) is 7.41. The van der Waals surface area contributed by atoms with E-state index in [2.05, 4.69) is 24.1 Å². The molecule has 0 aliphatic carbocycles. The molecule has 0 saturated carbocycles. The van der Waals surface area contributed by atoms with Gasteiger partial charge in [-0.05, 0) is 55.0 Å². The molecule has 186 valence electrons. The summed E-state index contributed by atoms with van der Waals surface area (Å²) in [5.74, 6) is -0.469. The first-order chi connectivity index (χ1) is 17.3. The predicted molar refractivity (Wildman–Crippen MR) is 131 cm³/mol. The van der Waals surface area contributed by atoms with Crippen molar-refractivity contribution in [3.05, 3.63) is 106 Å². The van der Waals surface area contributed by atoms with Crippen LogP contribution in [0.2, 0.25) is 0 Å². The summed E-state index contributed by atoms with van der Waals surface area (Å²) >= 11 is 0. The second-order valence-corrected chi connectivity index (χ2v) is 9.56. The summed E-state index contributed by atoms with van der Waals surface area (Å²) in [6.45, 7) is 4.65. The molecule has 1 N–H and O–H groups in total. The van der Waals surface area contributed by atoms with Gasteiger partial charge in [0, 0.05) is 24.9 Å². The van der Waals surface area contributed by atoms with E-state index in [4.69, 9.17) is 9.72 Å². The van der Waals surface area contributed by atoms with Gasteiger partial charge in [-0.15, -0.1) is 0 Å².